The molecule has 2 rings (SSSR count). The molecule has 0 fully saturated rings. The molecular formula is C14H16ClN3OS. The van der Waals surface area contributed by atoms with E-state index in [2.05, 4.69) is 11.9 Å². The van der Waals surface area contributed by atoms with Gasteiger partial charge in [0.25, 0.3) is 5.56 Å². The number of nitrogen functional groups attached to an aromatic ring is 1. The summed E-state index contributed by atoms with van der Waals surface area (Å²) in [4.78, 5) is 16.4. The lowest BCUT2D eigenvalue weighted by atomic mass is 10.2. The summed E-state index contributed by atoms with van der Waals surface area (Å²) < 4.78 is 1.61. The third kappa shape index (κ3) is 3.55. The van der Waals surface area contributed by atoms with E-state index >= 15 is 0 Å². The Balaban J connectivity index is 2.39. The maximum Gasteiger partial charge on any atom is 0.256 e. The summed E-state index contributed by atoms with van der Waals surface area (Å²) >= 11 is 7.68. The van der Waals surface area contributed by atoms with E-state index in [0.717, 1.165) is 17.7 Å². The van der Waals surface area contributed by atoms with Crippen molar-refractivity contribution in [2.24, 2.45) is 0 Å². The SMILES string of the molecule is CCCSc1nc(N)cc(=O)n1Cc1ccccc1Cl. The molecule has 0 unspecified atom stereocenters. The van der Waals surface area contributed by atoms with Crippen LogP contribution < -0.4 is 11.3 Å². The second kappa shape index (κ2) is 6.81. The normalized spacial score (nSPS) is 10.7. The summed E-state index contributed by atoms with van der Waals surface area (Å²) in [5.74, 6) is 1.14. The third-order valence-electron chi connectivity index (χ3n) is 2.71. The summed E-state index contributed by atoms with van der Waals surface area (Å²) in [6, 6.07) is 8.82. The van der Waals surface area contributed by atoms with Crippen molar-refractivity contribution >= 4 is 29.2 Å². The minimum atomic E-state index is -0.156. The Morgan fingerprint density at radius 3 is 2.85 bits per heavy atom. The zero-order valence-electron chi connectivity index (χ0n) is 11.2. The summed E-state index contributed by atoms with van der Waals surface area (Å²) in [5, 5.41) is 1.28. The first kappa shape index (κ1) is 14.9. The highest BCUT2D eigenvalue weighted by Crippen LogP contribution is 2.20. The quantitative estimate of drug-likeness (QED) is 0.681. The number of benzene rings is 1. The van der Waals surface area contributed by atoms with Crippen LogP contribution in [0.5, 0.6) is 0 Å². The van der Waals surface area contributed by atoms with Gasteiger partial charge in [0.1, 0.15) is 5.82 Å². The summed E-state index contributed by atoms with van der Waals surface area (Å²) in [5.41, 5.74) is 6.39. The average Bonchev–Trinajstić information content (AvgIpc) is 2.41. The monoisotopic (exact) mass is 309 g/mol. The number of hydrogen-bond donors (Lipinski definition) is 1. The largest absolute Gasteiger partial charge is 0.383 e. The van der Waals surface area contributed by atoms with E-state index in [-0.39, 0.29) is 11.4 Å². The number of nitrogens with zero attached hydrogens (tertiary/aromatic N) is 2. The molecule has 0 radical (unpaired) electrons. The Kier molecular flexibility index (Phi) is 5.09. The molecule has 0 spiro atoms. The van der Waals surface area contributed by atoms with Gasteiger partial charge in [-0.25, -0.2) is 4.98 Å². The minimum Gasteiger partial charge on any atom is -0.383 e. The van der Waals surface area contributed by atoms with Crippen molar-refractivity contribution in [3.8, 4) is 0 Å². The lowest BCUT2D eigenvalue weighted by molar-refractivity contribution is 0.648. The average molecular weight is 310 g/mol. The predicted octanol–water partition coefficient (Wildman–Crippen LogP) is 3.03. The van der Waals surface area contributed by atoms with E-state index in [1.807, 2.05) is 24.3 Å². The van der Waals surface area contributed by atoms with Crippen molar-refractivity contribution in [3.05, 3.63) is 51.3 Å². The molecule has 6 heteroatoms. The van der Waals surface area contributed by atoms with E-state index in [1.54, 1.807) is 4.57 Å². The van der Waals surface area contributed by atoms with Crippen molar-refractivity contribution in [3.63, 3.8) is 0 Å². The first-order valence-corrected chi connectivity index (χ1v) is 7.71. The number of anilines is 1. The fourth-order valence-electron chi connectivity index (χ4n) is 1.75. The molecule has 2 aromatic rings. The Labute approximate surface area is 127 Å². The van der Waals surface area contributed by atoms with Gasteiger partial charge in [0, 0.05) is 16.8 Å². The number of hydrogen-bond acceptors (Lipinski definition) is 4. The molecule has 1 aromatic carbocycles. The molecular weight excluding hydrogens is 294 g/mol. The van der Waals surface area contributed by atoms with Gasteiger partial charge in [0.2, 0.25) is 0 Å². The molecule has 0 aliphatic heterocycles. The third-order valence-corrected chi connectivity index (χ3v) is 4.27. The van der Waals surface area contributed by atoms with Crippen LogP contribution in [0.4, 0.5) is 5.82 Å². The van der Waals surface area contributed by atoms with Crippen LogP contribution in [0.25, 0.3) is 0 Å². The highest BCUT2D eigenvalue weighted by Gasteiger charge is 2.10. The smallest absolute Gasteiger partial charge is 0.256 e. The van der Waals surface area contributed by atoms with E-state index in [0.29, 0.717) is 16.7 Å². The van der Waals surface area contributed by atoms with Crippen LogP contribution >= 0.6 is 23.4 Å². The van der Waals surface area contributed by atoms with Crippen LogP contribution in [-0.2, 0) is 6.54 Å². The Hall–Kier alpha value is -1.46. The van der Waals surface area contributed by atoms with Gasteiger partial charge in [-0.15, -0.1) is 0 Å². The number of nitrogens with two attached hydrogens (primary N) is 1. The fourth-order valence-corrected chi connectivity index (χ4v) is 2.81. The highest BCUT2D eigenvalue weighted by molar-refractivity contribution is 7.99. The summed E-state index contributed by atoms with van der Waals surface area (Å²) in [6.45, 7) is 2.48. The van der Waals surface area contributed by atoms with Gasteiger partial charge in [-0.1, -0.05) is 48.5 Å². The molecule has 0 saturated heterocycles. The van der Waals surface area contributed by atoms with Crippen LogP contribution in [0.2, 0.25) is 5.02 Å². The van der Waals surface area contributed by atoms with Crippen LogP contribution in [0.15, 0.2) is 40.3 Å². The van der Waals surface area contributed by atoms with Crippen molar-refractivity contribution in [1.29, 1.82) is 0 Å². The zero-order chi connectivity index (χ0) is 14.5. The van der Waals surface area contributed by atoms with Gasteiger partial charge in [-0.05, 0) is 18.1 Å². The van der Waals surface area contributed by atoms with Crippen LogP contribution in [-0.4, -0.2) is 15.3 Å². The lowest BCUT2D eigenvalue weighted by Gasteiger charge is -2.12. The van der Waals surface area contributed by atoms with Gasteiger partial charge in [0.05, 0.1) is 6.54 Å². The van der Waals surface area contributed by atoms with Gasteiger partial charge < -0.3 is 5.73 Å². The molecule has 4 nitrogen and oxygen atoms in total. The fraction of sp³-hybridized carbons (Fsp3) is 0.286. The number of aromatic nitrogens is 2. The number of thioether (sulfide) groups is 1. The Bertz CT molecular complexity index is 657. The molecule has 0 aliphatic rings. The van der Waals surface area contributed by atoms with E-state index in [9.17, 15) is 4.79 Å². The van der Waals surface area contributed by atoms with Gasteiger partial charge >= 0.3 is 0 Å². The zero-order valence-corrected chi connectivity index (χ0v) is 12.7. The predicted molar refractivity (Wildman–Crippen MR) is 84.5 cm³/mol. The van der Waals surface area contributed by atoms with Gasteiger partial charge in [-0.3, -0.25) is 9.36 Å². The van der Waals surface area contributed by atoms with E-state index < -0.39 is 0 Å². The molecule has 20 heavy (non-hydrogen) atoms. The van der Waals surface area contributed by atoms with Crippen LogP contribution in [0, 0.1) is 0 Å². The van der Waals surface area contributed by atoms with Crippen molar-refractivity contribution in [1.82, 2.24) is 9.55 Å². The molecule has 2 N–H and O–H groups in total. The molecule has 1 aromatic heterocycles. The summed E-state index contributed by atoms with van der Waals surface area (Å²) in [6.07, 6.45) is 1.00. The maximum atomic E-state index is 12.1. The van der Waals surface area contributed by atoms with Gasteiger partial charge in [-0.2, -0.15) is 0 Å². The standard InChI is InChI=1S/C14H16ClN3OS/c1-2-7-20-14-17-12(16)8-13(19)18(14)9-10-5-3-4-6-11(10)15/h3-6,8H,2,7,9,16H2,1H3. The first-order chi connectivity index (χ1) is 9.61. The molecule has 0 bridgehead atoms. The Morgan fingerprint density at radius 1 is 1.40 bits per heavy atom. The molecule has 0 saturated carbocycles. The van der Waals surface area contributed by atoms with E-state index in [1.165, 1.54) is 17.8 Å². The second-order valence-corrected chi connectivity index (χ2v) is 5.80. The molecule has 1 heterocycles. The van der Waals surface area contributed by atoms with Gasteiger partial charge in [0.15, 0.2) is 5.16 Å². The number of rotatable bonds is 5. The second-order valence-electron chi connectivity index (χ2n) is 4.33. The van der Waals surface area contributed by atoms with Crippen molar-refractivity contribution in [2.45, 2.75) is 25.0 Å². The minimum absolute atomic E-state index is 0.156. The summed E-state index contributed by atoms with van der Waals surface area (Å²) in [7, 11) is 0. The lowest BCUT2D eigenvalue weighted by Crippen LogP contribution is -2.24. The van der Waals surface area contributed by atoms with E-state index in [4.69, 9.17) is 17.3 Å². The first-order valence-electron chi connectivity index (χ1n) is 6.35. The Morgan fingerprint density at radius 2 is 2.15 bits per heavy atom. The number of halogens is 1. The molecule has 106 valence electrons. The highest BCUT2D eigenvalue weighted by atomic mass is 35.5. The van der Waals surface area contributed by atoms with Crippen molar-refractivity contribution in [2.75, 3.05) is 11.5 Å². The molecule has 0 amide bonds. The van der Waals surface area contributed by atoms with Crippen LogP contribution in [0.1, 0.15) is 18.9 Å². The van der Waals surface area contributed by atoms with Crippen LogP contribution in [0.3, 0.4) is 0 Å². The topological polar surface area (TPSA) is 60.9 Å². The maximum absolute atomic E-state index is 12.1. The molecule has 0 atom stereocenters. The van der Waals surface area contributed by atoms with Crippen molar-refractivity contribution < 1.29 is 0 Å². The molecule has 0 aliphatic carbocycles.